The SMILES string of the molecule is CC(C)c1ccccc1C1(C(=O)Nc2ncc(Cl)cc2OC(F)F)CC(CC(=O)O)C1. The molecule has 0 aliphatic heterocycles. The Balaban J connectivity index is 1.97. The first-order valence-electron chi connectivity index (χ1n) is 9.85. The van der Waals surface area contributed by atoms with E-state index in [9.17, 15) is 18.4 Å². The highest BCUT2D eigenvalue weighted by Crippen LogP contribution is 2.52. The average Bonchev–Trinajstić information content (AvgIpc) is 2.65. The van der Waals surface area contributed by atoms with Crippen LogP contribution in [-0.2, 0) is 15.0 Å². The summed E-state index contributed by atoms with van der Waals surface area (Å²) in [5, 5.41) is 11.8. The topological polar surface area (TPSA) is 88.5 Å². The van der Waals surface area contributed by atoms with Gasteiger partial charge < -0.3 is 15.2 Å². The minimum absolute atomic E-state index is 0.0438. The maximum absolute atomic E-state index is 13.5. The van der Waals surface area contributed by atoms with Gasteiger partial charge in [-0.2, -0.15) is 8.78 Å². The van der Waals surface area contributed by atoms with Crippen LogP contribution in [-0.4, -0.2) is 28.6 Å². The molecule has 2 N–H and O–H groups in total. The van der Waals surface area contributed by atoms with Crippen LogP contribution in [0.4, 0.5) is 14.6 Å². The molecule has 0 saturated heterocycles. The Bertz CT molecular complexity index is 978. The maximum atomic E-state index is 13.5. The molecular weight excluding hydrogens is 430 g/mol. The molecule has 0 unspecified atom stereocenters. The van der Waals surface area contributed by atoms with E-state index in [4.69, 9.17) is 16.7 Å². The fraction of sp³-hybridized carbons (Fsp3) is 0.409. The highest BCUT2D eigenvalue weighted by molar-refractivity contribution is 6.30. The first-order chi connectivity index (χ1) is 14.6. The Morgan fingerprint density at radius 3 is 2.61 bits per heavy atom. The number of alkyl halides is 2. The van der Waals surface area contributed by atoms with Crippen molar-refractivity contribution in [1.82, 2.24) is 4.98 Å². The summed E-state index contributed by atoms with van der Waals surface area (Å²) >= 11 is 5.83. The Morgan fingerprint density at radius 2 is 2.00 bits per heavy atom. The number of anilines is 1. The number of nitrogens with zero attached hydrogens (tertiary/aromatic N) is 1. The summed E-state index contributed by atoms with van der Waals surface area (Å²) in [4.78, 5) is 28.6. The Labute approximate surface area is 183 Å². The standard InChI is InChI=1S/C22H23ClF2N2O4/c1-12(2)15-5-3-4-6-16(15)22(9-13(10-22)7-18(28)29)20(30)27-19-17(31-21(24)25)8-14(23)11-26-19/h3-6,8,11-13,21H,7,9-10H2,1-2H3,(H,28,29)(H,26,27,30). The molecule has 9 heteroatoms. The number of halogens is 3. The van der Waals surface area contributed by atoms with Crippen LogP contribution >= 0.6 is 11.6 Å². The molecular formula is C22H23ClF2N2O4. The molecule has 0 spiro atoms. The van der Waals surface area contributed by atoms with Crippen LogP contribution in [0.15, 0.2) is 36.5 Å². The van der Waals surface area contributed by atoms with Crippen molar-refractivity contribution in [2.75, 3.05) is 5.32 Å². The van der Waals surface area contributed by atoms with E-state index < -0.39 is 23.9 Å². The minimum atomic E-state index is -3.12. The number of amides is 1. The van der Waals surface area contributed by atoms with Gasteiger partial charge in [0.1, 0.15) is 0 Å². The van der Waals surface area contributed by atoms with E-state index in [1.54, 1.807) is 0 Å². The Kier molecular flexibility index (Phi) is 6.79. The van der Waals surface area contributed by atoms with Gasteiger partial charge in [-0.05, 0) is 35.8 Å². The highest BCUT2D eigenvalue weighted by Gasteiger charge is 2.52. The number of hydrogen-bond acceptors (Lipinski definition) is 4. The van der Waals surface area contributed by atoms with Gasteiger partial charge in [-0.3, -0.25) is 9.59 Å². The average molecular weight is 453 g/mol. The Hall–Kier alpha value is -2.74. The van der Waals surface area contributed by atoms with Gasteiger partial charge in [0.15, 0.2) is 11.6 Å². The molecule has 0 atom stereocenters. The van der Waals surface area contributed by atoms with Crippen LogP contribution in [0.5, 0.6) is 5.75 Å². The number of carbonyl (C=O) groups excluding carboxylic acids is 1. The lowest BCUT2D eigenvalue weighted by atomic mass is 9.56. The number of carboxylic acids is 1. The van der Waals surface area contributed by atoms with Crippen LogP contribution < -0.4 is 10.1 Å². The summed E-state index contributed by atoms with van der Waals surface area (Å²) in [6.45, 7) is 0.899. The molecule has 1 fully saturated rings. The third kappa shape index (κ3) is 4.95. The monoisotopic (exact) mass is 452 g/mol. The molecule has 31 heavy (non-hydrogen) atoms. The molecule has 1 aliphatic rings. The van der Waals surface area contributed by atoms with Gasteiger partial charge in [0.2, 0.25) is 5.91 Å². The third-order valence-corrected chi connectivity index (χ3v) is 5.74. The number of pyridine rings is 1. The number of nitrogens with one attached hydrogen (secondary N) is 1. The molecule has 1 aliphatic carbocycles. The summed E-state index contributed by atoms with van der Waals surface area (Å²) < 4.78 is 30.1. The van der Waals surface area contributed by atoms with E-state index in [1.165, 1.54) is 6.20 Å². The van der Waals surface area contributed by atoms with E-state index in [-0.39, 0.29) is 34.8 Å². The molecule has 1 aromatic heterocycles. The summed E-state index contributed by atoms with van der Waals surface area (Å²) in [6.07, 6.45) is 1.83. The fourth-order valence-electron chi connectivity index (χ4n) is 4.21. The summed E-state index contributed by atoms with van der Waals surface area (Å²) in [7, 11) is 0. The van der Waals surface area contributed by atoms with Gasteiger partial charge in [0.05, 0.1) is 10.4 Å². The zero-order valence-electron chi connectivity index (χ0n) is 17.1. The van der Waals surface area contributed by atoms with Crippen molar-refractivity contribution < 1.29 is 28.2 Å². The van der Waals surface area contributed by atoms with E-state index >= 15 is 0 Å². The maximum Gasteiger partial charge on any atom is 0.387 e. The molecule has 1 amide bonds. The number of benzene rings is 1. The number of aliphatic carboxylic acids is 1. The zero-order valence-corrected chi connectivity index (χ0v) is 17.8. The number of aromatic nitrogens is 1. The lowest BCUT2D eigenvalue weighted by molar-refractivity contribution is -0.141. The van der Waals surface area contributed by atoms with Crippen LogP contribution in [0.1, 0.15) is 50.2 Å². The molecule has 1 aromatic carbocycles. The first-order valence-corrected chi connectivity index (χ1v) is 10.2. The van der Waals surface area contributed by atoms with Crippen molar-refractivity contribution in [3.05, 3.63) is 52.7 Å². The molecule has 2 aromatic rings. The predicted molar refractivity (Wildman–Crippen MR) is 112 cm³/mol. The number of carbonyl (C=O) groups is 2. The number of hydrogen-bond donors (Lipinski definition) is 2. The number of carboxylic acid groups (broad SMARTS) is 1. The van der Waals surface area contributed by atoms with Gasteiger partial charge in [-0.25, -0.2) is 4.98 Å². The van der Waals surface area contributed by atoms with Crippen LogP contribution in [0.3, 0.4) is 0 Å². The second kappa shape index (κ2) is 9.18. The lowest BCUT2D eigenvalue weighted by Gasteiger charge is -2.47. The van der Waals surface area contributed by atoms with Gasteiger partial charge in [0, 0.05) is 18.7 Å². The van der Waals surface area contributed by atoms with Crippen molar-refractivity contribution in [1.29, 1.82) is 0 Å². The number of rotatable bonds is 8. The van der Waals surface area contributed by atoms with E-state index in [1.807, 2.05) is 38.1 Å². The zero-order chi connectivity index (χ0) is 22.8. The van der Waals surface area contributed by atoms with Gasteiger partial charge >= 0.3 is 12.6 Å². The van der Waals surface area contributed by atoms with E-state index in [2.05, 4.69) is 15.0 Å². The lowest BCUT2D eigenvalue weighted by Crippen LogP contribution is -2.51. The van der Waals surface area contributed by atoms with E-state index in [0.717, 1.165) is 17.2 Å². The van der Waals surface area contributed by atoms with Gasteiger partial charge in [0.25, 0.3) is 0 Å². The molecule has 3 rings (SSSR count). The van der Waals surface area contributed by atoms with Crippen LogP contribution in [0.25, 0.3) is 0 Å². The molecule has 1 heterocycles. The van der Waals surface area contributed by atoms with Crippen molar-refractivity contribution in [2.45, 2.75) is 51.1 Å². The van der Waals surface area contributed by atoms with Gasteiger partial charge in [-0.15, -0.1) is 0 Å². The van der Waals surface area contributed by atoms with Crippen LogP contribution in [0, 0.1) is 5.92 Å². The normalized spacial score (nSPS) is 20.4. The molecule has 166 valence electrons. The van der Waals surface area contributed by atoms with Crippen molar-refractivity contribution in [3.8, 4) is 5.75 Å². The van der Waals surface area contributed by atoms with Crippen molar-refractivity contribution in [2.24, 2.45) is 5.92 Å². The molecule has 1 saturated carbocycles. The number of ether oxygens (including phenoxy) is 1. The summed E-state index contributed by atoms with van der Waals surface area (Å²) in [5.41, 5.74) is 0.777. The highest BCUT2D eigenvalue weighted by atomic mass is 35.5. The second-order valence-corrected chi connectivity index (χ2v) is 8.47. The Morgan fingerprint density at radius 1 is 1.32 bits per heavy atom. The third-order valence-electron chi connectivity index (χ3n) is 5.54. The van der Waals surface area contributed by atoms with E-state index in [0.29, 0.717) is 12.8 Å². The summed E-state index contributed by atoms with van der Waals surface area (Å²) in [6, 6.07) is 8.65. The molecule has 6 nitrogen and oxygen atoms in total. The predicted octanol–water partition coefficient (Wildman–Crippen LogP) is 5.22. The quantitative estimate of drug-likeness (QED) is 0.573. The largest absolute Gasteiger partial charge is 0.481 e. The van der Waals surface area contributed by atoms with Crippen molar-refractivity contribution >= 4 is 29.3 Å². The molecule has 0 bridgehead atoms. The van der Waals surface area contributed by atoms with Crippen LogP contribution in [0.2, 0.25) is 5.02 Å². The van der Waals surface area contributed by atoms with Crippen molar-refractivity contribution in [3.63, 3.8) is 0 Å². The first kappa shape index (κ1) is 22.9. The fourth-order valence-corrected chi connectivity index (χ4v) is 4.36. The molecule has 0 radical (unpaired) electrons. The second-order valence-electron chi connectivity index (χ2n) is 8.03. The smallest absolute Gasteiger partial charge is 0.387 e. The minimum Gasteiger partial charge on any atom is -0.481 e. The van der Waals surface area contributed by atoms with Gasteiger partial charge in [-0.1, -0.05) is 49.7 Å². The summed E-state index contributed by atoms with van der Waals surface area (Å²) in [5.74, 6) is -1.93.